The van der Waals surface area contributed by atoms with Gasteiger partial charge >= 0.3 is 0 Å². The molecule has 0 saturated carbocycles. The molecule has 0 atom stereocenters. The number of rotatable bonds is 2. The van der Waals surface area contributed by atoms with Crippen LogP contribution in [0.2, 0.25) is 0 Å². The van der Waals surface area contributed by atoms with Crippen LogP contribution in [0.25, 0.3) is 55.0 Å². The molecule has 2 aromatic heterocycles. The molecule has 2 heteroatoms. The van der Waals surface area contributed by atoms with Crippen molar-refractivity contribution in [1.82, 2.24) is 9.13 Å². The lowest BCUT2D eigenvalue weighted by Gasteiger charge is -2.07. The van der Waals surface area contributed by atoms with E-state index >= 15 is 0 Å². The van der Waals surface area contributed by atoms with Crippen molar-refractivity contribution in [3.05, 3.63) is 229 Å². The fourth-order valence-electron chi connectivity index (χ4n) is 6.86. The summed E-state index contributed by atoms with van der Waals surface area (Å²) < 4.78 is 4.67. The first kappa shape index (κ1) is 35.7. The minimum Gasteiger partial charge on any atom is -0.309 e. The summed E-state index contributed by atoms with van der Waals surface area (Å²) in [6.45, 7) is 8.41. The molecular weight excluding hydrogens is 653 g/mol. The second-order valence-electron chi connectivity index (χ2n) is 13.7. The molecule has 0 spiro atoms. The molecule has 0 aliphatic carbocycles. The monoisotopic (exact) mass is 698 g/mol. The van der Waals surface area contributed by atoms with Gasteiger partial charge < -0.3 is 9.13 Å². The molecule has 0 bridgehead atoms. The molecule has 0 fully saturated rings. The number of benzene rings is 8. The van der Waals surface area contributed by atoms with Crippen molar-refractivity contribution in [2.75, 3.05) is 0 Å². The van der Waals surface area contributed by atoms with Gasteiger partial charge in [0.25, 0.3) is 0 Å². The van der Waals surface area contributed by atoms with E-state index in [1.54, 1.807) is 0 Å². The molecule has 0 aliphatic rings. The second-order valence-corrected chi connectivity index (χ2v) is 13.7. The van der Waals surface area contributed by atoms with Crippen LogP contribution in [0.15, 0.2) is 206 Å². The van der Waals surface area contributed by atoms with Crippen LogP contribution in [0, 0.1) is 27.7 Å². The first-order valence-corrected chi connectivity index (χ1v) is 18.6. The molecule has 0 saturated heterocycles. The average Bonchev–Trinajstić information content (AvgIpc) is 3.73. The molecule has 0 aliphatic heterocycles. The highest BCUT2D eigenvalue weighted by Crippen LogP contribution is 2.33. The Morgan fingerprint density at radius 1 is 0.222 bits per heavy atom. The molecule has 10 aromatic rings. The molecule has 0 amide bonds. The van der Waals surface area contributed by atoms with E-state index in [1.165, 1.54) is 77.2 Å². The maximum absolute atomic E-state index is 2.34. The fourth-order valence-corrected chi connectivity index (χ4v) is 6.86. The van der Waals surface area contributed by atoms with E-state index in [2.05, 4.69) is 207 Å². The summed E-state index contributed by atoms with van der Waals surface area (Å²) in [6.07, 6.45) is 0. The first-order valence-electron chi connectivity index (χ1n) is 18.6. The Bertz CT molecular complexity index is 2420. The van der Waals surface area contributed by atoms with E-state index in [0.29, 0.717) is 0 Å². The molecule has 8 aromatic carbocycles. The third-order valence-corrected chi connectivity index (χ3v) is 9.63. The number of hydrogen-bond acceptors (Lipinski definition) is 0. The van der Waals surface area contributed by atoms with Gasteiger partial charge in [0.1, 0.15) is 0 Å². The lowest BCUT2D eigenvalue weighted by atomic mass is 10.2. The van der Waals surface area contributed by atoms with Crippen LogP contribution in [0.4, 0.5) is 0 Å². The Hall–Kier alpha value is -6.64. The third-order valence-electron chi connectivity index (χ3n) is 9.63. The van der Waals surface area contributed by atoms with Crippen LogP contribution in [0.3, 0.4) is 0 Å². The van der Waals surface area contributed by atoms with Crippen molar-refractivity contribution in [2.45, 2.75) is 27.7 Å². The molecular formula is C52H46N2. The van der Waals surface area contributed by atoms with Crippen LogP contribution in [-0.2, 0) is 0 Å². The largest absolute Gasteiger partial charge is 0.309 e. The van der Waals surface area contributed by atoms with Gasteiger partial charge in [-0.05, 0) is 76.2 Å². The molecule has 0 radical (unpaired) electrons. The van der Waals surface area contributed by atoms with E-state index in [9.17, 15) is 0 Å². The quantitative estimate of drug-likeness (QED) is 0.170. The highest BCUT2D eigenvalue weighted by molar-refractivity contribution is 6.10. The molecule has 54 heavy (non-hydrogen) atoms. The van der Waals surface area contributed by atoms with Crippen molar-refractivity contribution in [3.8, 4) is 11.4 Å². The lowest BCUT2D eigenvalue weighted by molar-refractivity contribution is 1.17. The van der Waals surface area contributed by atoms with Gasteiger partial charge in [-0.25, -0.2) is 0 Å². The smallest absolute Gasteiger partial charge is 0.0541 e. The summed E-state index contributed by atoms with van der Waals surface area (Å²) in [4.78, 5) is 0. The zero-order valence-corrected chi connectivity index (χ0v) is 31.5. The zero-order valence-electron chi connectivity index (χ0n) is 31.5. The summed E-state index contributed by atoms with van der Waals surface area (Å²) in [5.41, 5.74) is 12.7. The van der Waals surface area contributed by atoms with E-state index < -0.39 is 0 Å². The predicted molar refractivity (Wildman–Crippen MR) is 233 cm³/mol. The van der Waals surface area contributed by atoms with E-state index in [0.717, 1.165) is 0 Å². The maximum atomic E-state index is 2.34. The third kappa shape index (κ3) is 8.04. The number of fused-ring (bicyclic) bond motifs is 6. The zero-order chi connectivity index (χ0) is 37.3. The summed E-state index contributed by atoms with van der Waals surface area (Å²) in [6, 6.07) is 72.3. The van der Waals surface area contributed by atoms with Gasteiger partial charge in [0.15, 0.2) is 0 Å². The normalized spacial score (nSPS) is 10.6. The standard InChI is InChI=1S/2C19H15N.2C7H8/c2*1-14-10-12-15(13-11-14)20-18-8-4-2-6-16(18)17-7-3-5-9-19(17)20;2*1-7-5-3-2-4-6-7/h2*2-13H,1H3;2*2-6H,1H3. The highest BCUT2D eigenvalue weighted by atomic mass is 15.0. The molecule has 2 heterocycles. The summed E-state index contributed by atoms with van der Waals surface area (Å²) in [5.74, 6) is 0. The highest BCUT2D eigenvalue weighted by Gasteiger charge is 2.12. The van der Waals surface area contributed by atoms with Crippen LogP contribution in [0.5, 0.6) is 0 Å². The number of nitrogens with zero attached hydrogens (tertiary/aromatic N) is 2. The van der Waals surface area contributed by atoms with Crippen molar-refractivity contribution in [2.24, 2.45) is 0 Å². The van der Waals surface area contributed by atoms with Gasteiger partial charge in [0, 0.05) is 32.9 Å². The van der Waals surface area contributed by atoms with Crippen LogP contribution in [-0.4, -0.2) is 9.13 Å². The van der Waals surface area contributed by atoms with Gasteiger partial charge in [-0.15, -0.1) is 0 Å². The van der Waals surface area contributed by atoms with Crippen molar-refractivity contribution >= 4 is 43.6 Å². The Morgan fingerprint density at radius 2 is 0.444 bits per heavy atom. The summed E-state index contributed by atoms with van der Waals surface area (Å²) in [5, 5.41) is 5.24. The number of para-hydroxylation sites is 4. The van der Waals surface area contributed by atoms with Crippen molar-refractivity contribution in [3.63, 3.8) is 0 Å². The first-order chi connectivity index (χ1) is 26.5. The van der Waals surface area contributed by atoms with Gasteiger partial charge in [-0.1, -0.05) is 180 Å². The molecule has 10 rings (SSSR count). The average molecular weight is 699 g/mol. The van der Waals surface area contributed by atoms with E-state index in [4.69, 9.17) is 0 Å². The lowest BCUT2D eigenvalue weighted by Crippen LogP contribution is -1.93. The van der Waals surface area contributed by atoms with Gasteiger partial charge in [-0.2, -0.15) is 0 Å². The second kappa shape index (κ2) is 16.8. The van der Waals surface area contributed by atoms with Gasteiger partial charge in [0.2, 0.25) is 0 Å². The van der Waals surface area contributed by atoms with E-state index in [1.807, 2.05) is 36.4 Å². The minimum atomic E-state index is 1.22. The number of aryl methyl sites for hydroxylation is 4. The van der Waals surface area contributed by atoms with Crippen molar-refractivity contribution < 1.29 is 0 Å². The van der Waals surface area contributed by atoms with Gasteiger partial charge in [-0.3, -0.25) is 0 Å². The summed E-state index contributed by atoms with van der Waals surface area (Å²) in [7, 11) is 0. The van der Waals surface area contributed by atoms with Crippen LogP contribution < -0.4 is 0 Å². The predicted octanol–water partition coefficient (Wildman–Crippen LogP) is 14.2. The Balaban J connectivity index is 0.000000124. The van der Waals surface area contributed by atoms with Crippen molar-refractivity contribution in [1.29, 1.82) is 0 Å². The summed E-state index contributed by atoms with van der Waals surface area (Å²) >= 11 is 0. The number of aromatic nitrogens is 2. The minimum absolute atomic E-state index is 1.22. The molecule has 2 nitrogen and oxygen atoms in total. The van der Waals surface area contributed by atoms with E-state index in [-0.39, 0.29) is 0 Å². The molecule has 0 N–H and O–H groups in total. The van der Waals surface area contributed by atoms with Crippen LogP contribution in [0.1, 0.15) is 22.3 Å². The molecule has 0 unspecified atom stereocenters. The Morgan fingerprint density at radius 3 is 0.685 bits per heavy atom. The Labute approximate surface area is 319 Å². The fraction of sp³-hybridized carbons (Fsp3) is 0.0769. The van der Waals surface area contributed by atoms with Gasteiger partial charge in [0.05, 0.1) is 22.1 Å². The topological polar surface area (TPSA) is 9.86 Å². The maximum Gasteiger partial charge on any atom is 0.0541 e. The SMILES string of the molecule is Cc1ccc(-n2c3ccccc3c3ccccc32)cc1.Cc1ccc(-n2c3ccccc3c3ccccc32)cc1.Cc1ccccc1.Cc1ccccc1. The number of hydrogen-bond donors (Lipinski definition) is 0. The van der Waals surface area contributed by atoms with Crippen LogP contribution >= 0.6 is 0 Å². The Kier molecular flexibility index (Phi) is 11.1. The molecule has 264 valence electrons.